The maximum atomic E-state index is 12.2. The number of halogens is 1. The Kier molecular flexibility index (Phi) is 6.22. The molecule has 3 rings (SSSR count). The van der Waals surface area contributed by atoms with Gasteiger partial charge < -0.3 is 10.1 Å². The largest absolute Gasteiger partial charge is 0.484 e. The monoisotopic (exact) mass is 383 g/mol. The molecule has 0 saturated heterocycles. The van der Waals surface area contributed by atoms with Gasteiger partial charge in [-0.2, -0.15) is 0 Å². The summed E-state index contributed by atoms with van der Waals surface area (Å²) in [5, 5.41) is 3.31. The Hall–Kier alpha value is -3.12. The summed E-state index contributed by atoms with van der Waals surface area (Å²) in [4.78, 5) is 28.3. The fourth-order valence-electron chi connectivity index (χ4n) is 2.41. The SMILES string of the molecule is O=C(COc1ccc(Cl)cc1)NCCn1cnc(-c2ccccc2)cc1=O. The summed E-state index contributed by atoms with van der Waals surface area (Å²) < 4.78 is 6.81. The van der Waals surface area contributed by atoms with Gasteiger partial charge in [-0.1, -0.05) is 41.9 Å². The zero-order valence-electron chi connectivity index (χ0n) is 14.5. The molecule has 1 N–H and O–H groups in total. The van der Waals surface area contributed by atoms with E-state index in [-0.39, 0.29) is 18.1 Å². The number of carbonyl (C=O) groups is 1. The molecule has 1 aromatic heterocycles. The molecule has 1 amide bonds. The number of benzene rings is 2. The first kappa shape index (κ1) is 18.7. The minimum atomic E-state index is -0.271. The minimum Gasteiger partial charge on any atom is -0.484 e. The van der Waals surface area contributed by atoms with E-state index in [1.165, 1.54) is 17.0 Å². The van der Waals surface area contributed by atoms with E-state index in [0.29, 0.717) is 29.6 Å². The third-order valence-corrected chi connectivity index (χ3v) is 4.06. The van der Waals surface area contributed by atoms with Gasteiger partial charge in [-0.15, -0.1) is 0 Å². The lowest BCUT2D eigenvalue weighted by Crippen LogP contribution is -2.33. The highest BCUT2D eigenvalue weighted by molar-refractivity contribution is 6.30. The summed E-state index contributed by atoms with van der Waals surface area (Å²) in [6.07, 6.45) is 1.49. The Labute approximate surface area is 161 Å². The van der Waals surface area contributed by atoms with Crippen LogP contribution in [-0.2, 0) is 11.3 Å². The van der Waals surface area contributed by atoms with Crippen LogP contribution in [0.5, 0.6) is 5.75 Å². The van der Waals surface area contributed by atoms with Crippen molar-refractivity contribution in [2.45, 2.75) is 6.54 Å². The maximum Gasteiger partial charge on any atom is 0.258 e. The molecule has 0 radical (unpaired) electrons. The predicted octanol–water partition coefficient (Wildman–Crippen LogP) is 2.76. The van der Waals surface area contributed by atoms with Crippen molar-refractivity contribution in [2.24, 2.45) is 0 Å². The molecule has 0 saturated carbocycles. The predicted molar refractivity (Wildman–Crippen MR) is 104 cm³/mol. The lowest BCUT2D eigenvalue weighted by atomic mass is 10.1. The van der Waals surface area contributed by atoms with E-state index in [0.717, 1.165) is 5.56 Å². The number of rotatable bonds is 7. The topological polar surface area (TPSA) is 73.2 Å². The van der Waals surface area contributed by atoms with Gasteiger partial charge in [0.05, 0.1) is 12.0 Å². The summed E-state index contributed by atoms with van der Waals surface area (Å²) in [5.41, 5.74) is 1.34. The second kappa shape index (κ2) is 9.00. The number of hydrogen-bond acceptors (Lipinski definition) is 4. The molecule has 0 unspecified atom stereocenters. The standard InChI is InChI=1S/C20H18ClN3O3/c21-16-6-8-17(9-7-16)27-13-19(25)22-10-11-24-14-23-18(12-20(24)26)15-4-2-1-3-5-15/h1-9,12,14H,10-11,13H2,(H,22,25). The molecule has 138 valence electrons. The van der Waals surface area contributed by atoms with E-state index in [1.54, 1.807) is 24.3 Å². The molecule has 0 atom stereocenters. The summed E-state index contributed by atoms with van der Waals surface area (Å²) in [7, 11) is 0. The van der Waals surface area contributed by atoms with Crippen LogP contribution in [0, 0.1) is 0 Å². The van der Waals surface area contributed by atoms with Gasteiger partial charge in [0.25, 0.3) is 11.5 Å². The molecule has 7 heteroatoms. The van der Waals surface area contributed by atoms with Gasteiger partial charge in [0.15, 0.2) is 6.61 Å². The first-order valence-corrected chi connectivity index (χ1v) is 8.76. The lowest BCUT2D eigenvalue weighted by molar-refractivity contribution is -0.123. The van der Waals surface area contributed by atoms with E-state index in [1.807, 2.05) is 30.3 Å². The van der Waals surface area contributed by atoms with Gasteiger partial charge in [0.2, 0.25) is 0 Å². The molecule has 0 spiro atoms. The molecular weight excluding hydrogens is 366 g/mol. The normalized spacial score (nSPS) is 10.4. The van der Waals surface area contributed by atoms with Crippen LogP contribution in [0.15, 0.2) is 71.8 Å². The smallest absolute Gasteiger partial charge is 0.258 e. The van der Waals surface area contributed by atoms with Crippen molar-refractivity contribution in [3.8, 4) is 17.0 Å². The third kappa shape index (κ3) is 5.43. The first-order chi connectivity index (χ1) is 13.1. The molecule has 6 nitrogen and oxygen atoms in total. The molecule has 0 aliphatic heterocycles. The summed E-state index contributed by atoms with van der Waals surface area (Å²) in [6.45, 7) is 0.518. The fraction of sp³-hybridized carbons (Fsp3) is 0.150. The number of nitrogens with zero attached hydrogens (tertiary/aromatic N) is 2. The van der Waals surface area contributed by atoms with Crippen LogP contribution in [0.2, 0.25) is 5.02 Å². The number of aromatic nitrogens is 2. The minimum absolute atomic E-state index is 0.109. The van der Waals surface area contributed by atoms with E-state index in [2.05, 4.69) is 10.3 Å². The molecule has 1 heterocycles. The van der Waals surface area contributed by atoms with Gasteiger partial charge in [-0.3, -0.25) is 14.2 Å². The molecule has 3 aromatic rings. The molecule has 27 heavy (non-hydrogen) atoms. The zero-order chi connectivity index (χ0) is 19.1. The second-order valence-corrected chi connectivity index (χ2v) is 6.20. The average Bonchev–Trinajstić information content (AvgIpc) is 2.69. The van der Waals surface area contributed by atoms with Crippen LogP contribution in [0.1, 0.15) is 0 Å². The van der Waals surface area contributed by atoms with E-state index >= 15 is 0 Å². The number of carbonyl (C=O) groups excluding carboxylic acids is 1. The molecule has 0 bridgehead atoms. The molecular formula is C20H18ClN3O3. The molecule has 0 fully saturated rings. The van der Waals surface area contributed by atoms with Crippen LogP contribution in [0.25, 0.3) is 11.3 Å². The highest BCUT2D eigenvalue weighted by Gasteiger charge is 2.05. The van der Waals surface area contributed by atoms with Crippen LogP contribution in [0.4, 0.5) is 0 Å². The molecule has 0 aliphatic rings. The summed E-state index contributed by atoms with van der Waals surface area (Å²) in [5.74, 6) is 0.290. The maximum absolute atomic E-state index is 12.2. The second-order valence-electron chi connectivity index (χ2n) is 5.76. The Morgan fingerprint density at radius 1 is 1.11 bits per heavy atom. The van der Waals surface area contributed by atoms with Crippen molar-refractivity contribution in [1.29, 1.82) is 0 Å². The highest BCUT2D eigenvalue weighted by atomic mass is 35.5. The quantitative estimate of drug-likeness (QED) is 0.680. The van der Waals surface area contributed by atoms with Gasteiger partial charge in [0.1, 0.15) is 5.75 Å². The van der Waals surface area contributed by atoms with Crippen molar-refractivity contribution in [3.05, 3.63) is 82.4 Å². The van der Waals surface area contributed by atoms with E-state index in [9.17, 15) is 9.59 Å². The number of amides is 1. The van der Waals surface area contributed by atoms with Gasteiger partial charge >= 0.3 is 0 Å². The third-order valence-electron chi connectivity index (χ3n) is 3.81. The van der Waals surface area contributed by atoms with Crippen molar-refractivity contribution in [3.63, 3.8) is 0 Å². The summed E-state index contributed by atoms with van der Waals surface area (Å²) in [6, 6.07) is 17.7. The van der Waals surface area contributed by atoms with Gasteiger partial charge in [-0.05, 0) is 24.3 Å². The molecule has 2 aromatic carbocycles. The average molecular weight is 384 g/mol. The van der Waals surface area contributed by atoms with Crippen LogP contribution < -0.4 is 15.6 Å². The Bertz CT molecular complexity index is 956. The van der Waals surface area contributed by atoms with Crippen molar-refractivity contribution >= 4 is 17.5 Å². The number of ether oxygens (including phenoxy) is 1. The molecule has 0 aliphatic carbocycles. The number of nitrogens with one attached hydrogen (secondary N) is 1. The first-order valence-electron chi connectivity index (χ1n) is 8.39. The Balaban J connectivity index is 1.48. The Morgan fingerprint density at radius 3 is 2.56 bits per heavy atom. The van der Waals surface area contributed by atoms with Crippen LogP contribution in [0.3, 0.4) is 0 Å². The summed E-state index contributed by atoms with van der Waals surface area (Å²) >= 11 is 5.79. The van der Waals surface area contributed by atoms with Gasteiger partial charge in [-0.25, -0.2) is 4.98 Å². The van der Waals surface area contributed by atoms with Crippen molar-refractivity contribution in [1.82, 2.24) is 14.9 Å². The zero-order valence-corrected chi connectivity index (χ0v) is 15.2. The Morgan fingerprint density at radius 2 is 1.85 bits per heavy atom. The van der Waals surface area contributed by atoms with E-state index < -0.39 is 0 Å². The van der Waals surface area contributed by atoms with Crippen LogP contribution >= 0.6 is 11.6 Å². The number of hydrogen-bond donors (Lipinski definition) is 1. The highest BCUT2D eigenvalue weighted by Crippen LogP contribution is 2.15. The lowest BCUT2D eigenvalue weighted by Gasteiger charge is -2.09. The van der Waals surface area contributed by atoms with Gasteiger partial charge in [0, 0.05) is 29.7 Å². The van der Waals surface area contributed by atoms with Crippen molar-refractivity contribution < 1.29 is 9.53 Å². The van der Waals surface area contributed by atoms with Crippen LogP contribution in [-0.4, -0.2) is 28.6 Å². The fourth-order valence-corrected chi connectivity index (χ4v) is 2.53. The van der Waals surface area contributed by atoms with E-state index in [4.69, 9.17) is 16.3 Å². The van der Waals surface area contributed by atoms with Crippen molar-refractivity contribution in [2.75, 3.05) is 13.2 Å².